The van der Waals surface area contributed by atoms with Gasteiger partial charge in [0.2, 0.25) is 0 Å². The summed E-state index contributed by atoms with van der Waals surface area (Å²) in [6, 6.07) is 5.07. The van der Waals surface area contributed by atoms with E-state index in [0.29, 0.717) is 0 Å². The van der Waals surface area contributed by atoms with Crippen LogP contribution in [-0.2, 0) is 9.47 Å². The molecule has 1 N–H and O–H groups in total. The first-order valence-corrected chi connectivity index (χ1v) is 7.62. The van der Waals surface area contributed by atoms with Crippen molar-refractivity contribution in [2.45, 2.75) is 6.92 Å². The van der Waals surface area contributed by atoms with Gasteiger partial charge in [-0.05, 0) is 19.1 Å². The number of likely N-dealkylation sites (N-methyl/N-ethyl adjacent to an activating group) is 1. The second kappa shape index (κ2) is 8.00. The molecule has 6 heteroatoms. The third-order valence-electron chi connectivity index (χ3n) is 3.92. The summed E-state index contributed by atoms with van der Waals surface area (Å²) in [7, 11) is 1.30. The zero-order valence-corrected chi connectivity index (χ0v) is 13.2. The van der Waals surface area contributed by atoms with Crippen molar-refractivity contribution < 1.29 is 19.4 Å². The maximum absolute atomic E-state index is 11.5. The number of nitrogens with zero attached hydrogens (tertiary/aromatic N) is 2. The van der Waals surface area contributed by atoms with E-state index in [2.05, 4.69) is 21.5 Å². The number of rotatable bonds is 6. The smallest absolute Gasteiger partial charge is 0.341 e. The van der Waals surface area contributed by atoms with E-state index < -0.39 is 5.97 Å². The molecule has 6 nitrogen and oxygen atoms in total. The molecule has 1 aromatic carbocycles. The summed E-state index contributed by atoms with van der Waals surface area (Å²) in [5.41, 5.74) is 1.09. The molecule has 1 fully saturated rings. The van der Waals surface area contributed by atoms with Gasteiger partial charge in [-0.2, -0.15) is 0 Å². The Balaban J connectivity index is 2.00. The number of phenolic OH excluding ortho intramolecular Hbond substituents is 1. The van der Waals surface area contributed by atoms with Crippen molar-refractivity contribution in [3.05, 3.63) is 23.8 Å². The number of methoxy groups -OCH3 is 1. The predicted molar refractivity (Wildman–Crippen MR) is 84.6 cm³/mol. The number of morpholine rings is 1. The van der Waals surface area contributed by atoms with Gasteiger partial charge < -0.3 is 19.5 Å². The lowest BCUT2D eigenvalue weighted by Gasteiger charge is -2.30. The summed E-state index contributed by atoms with van der Waals surface area (Å²) in [6.07, 6.45) is 0. The topological polar surface area (TPSA) is 62.2 Å². The van der Waals surface area contributed by atoms with Crippen LogP contribution in [0.4, 0.5) is 5.69 Å². The Kier molecular flexibility index (Phi) is 6.03. The Morgan fingerprint density at radius 3 is 2.73 bits per heavy atom. The Labute approximate surface area is 131 Å². The Bertz CT molecular complexity index is 501. The zero-order chi connectivity index (χ0) is 15.9. The number of hydrogen-bond donors (Lipinski definition) is 1. The molecule has 1 aromatic rings. The minimum absolute atomic E-state index is 0.0471. The van der Waals surface area contributed by atoms with Gasteiger partial charge in [0.15, 0.2) is 0 Å². The molecule has 0 aromatic heterocycles. The number of phenols is 1. The molecular weight excluding hydrogens is 284 g/mol. The van der Waals surface area contributed by atoms with Gasteiger partial charge >= 0.3 is 5.97 Å². The number of ether oxygens (including phenoxy) is 2. The highest BCUT2D eigenvalue weighted by atomic mass is 16.5. The van der Waals surface area contributed by atoms with Crippen molar-refractivity contribution in [1.29, 1.82) is 0 Å². The molecule has 0 unspecified atom stereocenters. The minimum Gasteiger partial charge on any atom is -0.507 e. The molecule has 1 aliphatic heterocycles. The second-order valence-electron chi connectivity index (χ2n) is 5.23. The van der Waals surface area contributed by atoms with Crippen LogP contribution >= 0.6 is 0 Å². The number of hydrogen-bond acceptors (Lipinski definition) is 6. The lowest BCUT2D eigenvalue weighted by Crippen LogP contribution is -2.41. The molecular formula is C16H24N2O4. The van der Waals surface area contributed by atoms with Crippen LogP contribution in [-0.4, -0.2) is 69.0 Å². The molecule has 0 saturated carbocycles. The van der Waals surface area contributed by atoms with Crippen molar-refractivity contribution in [2.75, 3.05) is 57.9 Å². The molecule has 0 amide bonds. The molecule has 0 bridgehead atoms. The number of esters is 1. The number of aromatic hydroxyl groups is 1. The number of carbonyl (C=O) groups excluding carboxylic acids is 1. The van der Waals surface area contributed by atoms with Gasteiger partial charge in [-0.3, -0.25) is 4.90 Å². The summed E-state index contributed by atoms with van der Waals surface area (Å²) in [5, 5.41) is 10.00. The number of anilines is 1. The first-order chi connectivity index (χ1) is 10.7. The van der Waals surface area contributed by atoms with Gasteiger partial charge in [0, 0.05) is 44.5 Å². The first-order valence-electron chi connectivity index (χ1n) is 7.62. The summed E-state index contributed by atoms with van der Waals surface area (Å²) in [5.74, 6) is -0.574. The van der Waals surface area contributed by atoms with E-state index in [4.69, 9.17) is 4.74 Å². The van der Waals surface area contributed by atoms with E-state index in [1.807, 2.05) is 6.07 Å². The van der Waals surface area contributed by atoms with Gasteiger partial charge in [-0.15, -0.1) is 0 Å². The molecule has 0 spiro atoms. The van der Waals surface area contributed by atoms with Gasteiger partial charge in [-0.1, -0.05) is 0 Å². The Morgan fingerprint density at radius 2 is 2.14 bits per heavy atom. The molecule has 0 aliphatic carbocycles. The normalized spacial score (nSPS) is 15.5. The fourth-order valence-corrected chi connectivity index (χ4v) is 2.56. The fraction of sp³-hybridized carbons (Fsp3) is 0.562. The maximum Gasteiger partial charge on any atom is 0.341 e. The van der Waals surface area contributed by atoms with E-state index in [1.54, 1.807) is 12.1 Å². The molecule has 1 saturated heterocycles. The van der Waals surface area contributed by atoms with Crippen LogP contribution in [0.15, 0.2) is 18.2 Å². The first kappa shape index (κ1) is 16.6. The van der Waals surface area contributed by atoms with Crippen LogP contribution in [0.25, 0.3) is 0 Å². The van der Waals surface area contributed by atoms with Gasteiger partial charge in [0.05, 0.1) is 20.3 Å². The number of carbonyl (C=O) groups is 1. The standard InChI is InChI=1S/C16H24N2O4/c1-3-18(7-6-17-8-10-22-11-9-17)13-4-5-14(15(19)12-13)16(20)21-2/h4-5,12,19H,3,6-11H2,1-2H3. The van der Waals surface area contributed by atoms with E-state index in [9.17, 15) is 9.90 Å². The average molecular weight is 308 g/mol. The quantitative estimate of drug-likeness (QED) is 0.800. The van der Waals surface area contributed by atoms with E-state index in [0.717, 1.165) is 51.6 Å². The maximum atomic E-state index is 11.5. The number of benzene rings is 1. The minimum atomic E-state index is -0.527. The van der Waals surface area contributed by atoms with Gasteiger partial charge in [0.1, 0.15) is 11.3 Å². The average Bonchev–Trinajstić information content (AvgIpc) is 2.56. The Hall–Kier alpha value is -1.79. The highest BCUT2D eigenvalue weighted by molar-refractivity contribution is 5.92. The molecule has 2 rings (SSSR count). The lowest BCUT2D eigenvalue weighted by atomic mass is 10.1. The van der Waals surface area contributed by atoms with E-state index >= 15 is 0 Å². The summed E-state index contributed by atoms with van der Waals surface area (Å²) >= 11 is 0. The van der Waals surface area contributed by atoms with Crippen LogP contribution in [0.2, 0.25) is 0 Å². The third kappa shape index (κ3) is 4.11. The molecule has 0 atom stereocenters. The highest BCUT2D eigenvalue weighted by Gasteiger charge is 2.15. The van der Waals surface area contributed by atoms with E-state index in [1.165, 1.54) is 7.11 Å². The summed E-state index contributed by atoms with van der Waals surface area (Å²) in [4.78, 5) is 16.0. The SMILES string of the molecule is CCN(CCN1CCOCC1)c1ccc(C(=O)OC)c(O)c1. The van der Waals surface area contributed by atoms with Gasteiger partial charge in [-0.25, -0.2) is 4.79 Å². The lowest BCUT2D eigenvalue weighted by molar-refractivity contribution is 0.0392. The third-order valence-corrected chi connectivity index (χ3v) is 3.92. The summed E-state index contributed by atoms with van der Waals surface area (Å²) < 4.78 is 9.99. The largest absolute Gasteiger partial charge is 0.507 e. The van der Waals surface area contributed by atoms with Crippen molar-refractivity contribution in [1.82, 2.24) is 4.90 Å². The molecule has 0 radical (unpaired) electrons. The molecule has 1 aliphatic rings. The van der Waals surface area contributed by atoms with Crippen LogP contribution < -0.4 is 4.90 Å². The zero-order valence-electron chi connectivity index (χ0n) is 13.2. The van der Waals surface area contributed by atoms with Crippen molar-refractivity contribution in [2.24, 2.45) is 0 Å². The molecule has 1 heterocycles. The van der Waals surface area contributed by atoms with Gasteiger partial charge in [0.25, 0.3) is 0 Å². The van der Waals surface area contributed by atoms with Crippen LogP contribution in [0.3, 0.4) is 0 Å². The second-order valence-corrected chi connectivity index (χ2v) is 5.23. The van der Waals surface area contributed by atoms with Crippen LogP contribution in [0, 0.1) is 0 Å². The van der Waals surface area contributed by atoms with E-state index in [-0.39, 0.29) is 11.3 Å². The van der Waals surface area contributed by atoms with Crippen molar-refractivity contribution in [3.8, 4) is 5.75 Å². The molecule has 122 valence electrons. The Morgan fingerprint density at radius 1 is 1.41 bits per heavy atom. The van der Waals surface area contributed by atoms with Crippen molar-refractivity contribution >= 4 is 11.7 Å². The highest BCUT2D eigenvalue weighted by Crippen LogP contribution is 2.25. The summed E-state index contributed by atoms with van der Waals surface area (Å²) in [6.45, 7) is 8.24. The predicted octanol–water partition coefficient (Wildman–Crippen LogP) is 1.34. The molecule has 22 heavy (non-hydrogen) atoms. The van der Waals surface area contributed by atoms with Crippen LogP contribution in [0.5, 0.6) is 5.75 Å². The monoisotopic (exact) mass is 308 g/mol. The van der Waals surface area contributed by atoms with Crippen molar-refractivity contribution in [3.63, 3.8) is 0 Å². The fourth-order valence-electron chi connectivity index (χ4n) is 2.56. The van der Waals surface area contributed by atoms with Crippen LogP contribution in [0.1, 0.15) is 17.3 Å².